The van der Waals surface area contributed by atoms with Crippen LogP contribution in [-0.4, -0.2) is 28.8 Å². The van der Waals surface area contributed by atoms with Crippen molar-refractivity contribution in [1.29, 1.82) is 0 Å². The number of amides is 1. The molecule has 0 aliphatic carbocycles. The molecule has 1 aromatic heterocycles. The fourth-order valence-corrected chi connectivity index (χ4v) is 2.07. The van der Waals surface area contributed by atoms with Crippen LogP contribution >= 0.6 is 12.4 Å². The Bertz CT molecular complexity index is 749. The van der Waals surface area contributed by atoms with Crippen molar-refractivity contribution in [2.75, 3.05) is 6.61 Å². The van der Waals surface area contributed by atoms with Crippen LogP contribution in [0.25, 0.3) is 0 Å². The average Bonchev–Trinajstić information content (AvgIpc) is 2.60. The molecule has 0 aliphatic rings. The summed E-state index contributed by atoms with van der Waals surface area (Å²) in [4.78, 5) is 15.8. The minimum atomic E-state index is -0.330. The molecule has 2 aromatic rings. The third-order valence-electron chi connectivity index (χ3n) is 3.16. The van der Waals surface area contributed by atoms with Crippen molar-refractivity contribution in [3.05, 3.63) is 66.0 Å². The topological polar surface area (TPSA) is 83.8 Å². The van der Waals surface area contributed by atoms with Crippen LogP contribution in [0.5, 0.6) is 11.5 Å². The van der Waals surface area contributed by atoms with Crippen LogP contribution in [0.15, 0.2) is 54.4 Å². The number of aromatic nitrogens is 1. The predicted molar refractivity (Wildman–Crippen MR) is 99.7 cm³/mol. The smallest absolute Gasteiger partial charge is 0.271 e. The molecule has 7 heteroatoms. The Morgan fingerprint density at radius 2 is 2.12 bits per heavy atom. The van der Waals surface area contributed by atoms with Crippen LogP contribution in [-0.2, 0) is 6.42 Å². The number of nitrogens with zero attached hydrogens (tertiary/aromatic N) is 2. The molecule has 132 valence electrons. The van der Waals surface area contributed by atoms with Gasteiger partial charge in [-0.05, 0) is 43.2 Å². The molecule has 6 nitrogen and oxygen atoms in total. The standard InChI is InChI=1S/C18H19N3O3.ClH/c1-3-5-15-10-13(11-16(17(15)22)24-4-2)12-20-21-18(23)14-6-8-19-9-7-14;/h3,6-12,22H,1,4-5H2,2H3,(H,21,23);1H/b20-12-;. The van der Waals surface area contributed by atoms with E-state index < -0.39 is 0 Å². The third kappa shape index (κ3) is 5.61. The van der Waals surface area contributed by atoms with E-state index in [0.717, 1.165) is 0 Å². The second kappa shape index (κ2) is 10.1. The van der Waals surface area contributed by atoms with Crippen molar-refractivity contribution in [3.63, 3.8) is 0 Å². The molecule has 1 amide bonds. The maximum Gasteiger partial charge on any atom is 0.271 e. The zero-order valence-corrected chi connectivity index (χ0v) is 14.6. The van der Waals surface area contributed by atoms with Gasteiger partial charge >= 0.3 is 0 Å². The highest BCUT2D eigenvalue weighted by atomic mass is 35.5. The third-order valence-corrected chi connectivity index (χ3v) is 3.16. The van der Waals surface area contributed by atoms with Gasteiger partial charge in [-0.2, -0.15) is 5.10 Å². The predicted octanol–water partition coefficient (Wildman–Crippen LogP) is 3.10. The SMILES string of the molecule is C=CCc1cc(/C=N\NC(=O)c2ccncc2)cc(OCC)c1O.Cl. The molecular weight excluding hydrogens is 342 g/mol. The summed E-state index contributed by atoms with van der Waals surface area (Å²) >= 11 is 0. The lowest BCUT2D eigenvalue weighted by atomic mass is 10.1. The van der Waals surface area contributed by atoms with E-state index in [9.17, 15) is 9.90 Å². The van der Waals surface area contributed by atoms with Gasteiger partial charge in [0.25, 0.3) is 5.91 Å². The lowest BCUT2D eigenvalue weighted by molar-refractivity contribution is 0.0955. The van der Waals surface area contributed by atoms with E-state index in [4.69, 9.17) is 4.74 Å². The van der Waals surface area contributed by atoms with Gasteiger partial charge in [0.05, 0.1) is 12.8 Å². The van der Waals surface area contributed by atoms with Gasteiger partial charge in [-0.25, -0.2) is 5.43 Å². The first-order valence-corrected chi connectivity index (χ1v) is 7.48. The van der Waals surface area contributed by atoms with Gasteiger partial charge in [-0.3, -0.25) is 9.78 Å². The molecule has 0 fully saturated rings. The van der Waals surface area contributed by atoms with Crippen molar-refractivity contribution >= 4 is 24.5 Å². The largest absolute Gasteiger partial charge is 0.504 e. The van der Waals surface area contributed by atoms with Gasteiger partial charge in [0.1, 0.15) is 0 Å². The first-order chi connectivity index (χ1) is 11.7. The van der Waals surface area contributed by atoms with Gasteiger partial charge in [0, 0.05) is 23.5 Å². The number of pyridine rings is 1. The summed E-state index contributed by atoms with van der Waals surface area (Å²) < 4.78 is 5.42. The molecule has 0 atom stereocenters. The number of phenols is 1. The first kappa shape index (κ1) is 20.2. The molecule has 0 bridgehead atoms. The van der Waals surface area contributed by atoms with Gasteiger partial charge < -0.3 is 9.84 Å². The first-order valence-electron chi connectivity index (χ1n) is 7.48. The number of hydrazone groups is 1. The van der Waals surface area contributed by atoms with Gasteiger partial charge in [-0.1, -0.05) is 6.08 Å². The molecule has 2 N–H and O–H groups in total. The number of nitrogens with one attached hydrogen (secondary N) is 1. The van der Waals surface area contributed by atoms with Crippen molar-refractivity contribution in [2.24, 2.45) is 5.10 Å². The van der Waals surface area contributed by atoms with E-state index >= 15 is 0 Å². The monoisotopic (exact) mass is 361 g/mol. The number of benzene rings is 1. The van der Waals surface area contributed by atoms with E-state index in [-0.39, 0.29) is 24.1 Å². The molecule has 0 spiro atoms. The number of allylic oxidation sites excluding steroid dienone is 1. The van der Waals surface area contributed by atoms with E-state index in [2.05, 4.69) is 22.1 Å². The maximum absolute atomic E-state index is 11.9. The van der Waals surface area contributed by atoms with Crippen molar-refractivity contribution in [2.45, 2.75) is 13.3 Å². The van der Waals surface area contributed by atoms with Crippen LogP contribution in [0.4, 0.5) is 0 Å². The summed E-state index contributed by atoms with van der Waals surface area (Å²) in [6.45, 7) is 5.94. The molecule has 0 radical (unpaired) electrons. The molecule has 1 heterocycles. The molecule has 1 aromatic carbocycles. The Morgan fingerprint density at radius 3 is 2.76 bits per heavy atom. The number of halogens is 1. The number of carbonyl (C=O) groups excluding carboxylic acids is 1. The molecule has 0 saturated heterocycles. The lowest BCUT2D eigenvalue weighted by Gasteiger charge is -2.10. The molecule has 0 unspecified atom stereocenters. The summed E-state index contributed by atoms with van der Waals surface area (Å²) in [6.07, 6.45) is 6.75. The quantitative estimate of drug-likeness (QED) is 0.451. The highest BCUT2D eigenvalue weighted by Gasteiger charge is 2.09. The number of carbonyl (C=O) groups is 1. The fourth-order valence-electron chi connectivity index (χ4n) is 2.07. The van der Waals surface area contributed by atoms with Gasteiger partial charge in [0.2, 0.25) is 0 Å². The van der Waals surface area contributed by atoms with Crippen LogP contribution in [0, 0.1) is 0 Å². The number of aromatic hydroxyl groups is 1. The second-order valence-electron chi connectivity index (χ2n) is 4.89. The summed E-state index contributed by atoms with van der Waals surface area (Å²) in [6, 6.07) is 6.62. The molecule has 25 heavy (non-hydrogen) atoms. The number of hydrogen-bond donors (Lipinski definition) is 2. The summed E-state index contributed by atoms with van der Waals surface area (Å²) in [5, 5.41) is 14.1. The second-order valence-corrected chi connectivity index (χ2v) is 4.89. The van der Waals surface area contributed by atoms with Crippen LogP contribution in [0.3, 0.4) is 0 Å². The Hall–Kier alpha value is -2.86. The number of phenolic OH excluding ortho intramolecular Hbond substituents is 1. The Kier molecular flexibility index (Phi) is 8.15. The lowest BCUT2D eigenvalue weighted by Crippen LogP contribution is -2.17. The highest BCUT2D eigenvalue weighted by Crippen LogP contribution is 2.31. The zero-order chi connectivity index (χ0) is 17.4. The number of rotatable bonds is 7. The van der Waals surface area contributed by atoms with Crippen molar-refractivity contribution in [1.82, 2.24) is 10.4 Å². The Morgan fingerprint density at radius 1 is 1.40 bits per heavy atom. The molecule has 0 aliphatic heterocycles. The van der Waals surface area contributed by atoms with Crippen LogP contribution in [0.1, 0.15) is 28.4 Å². The summed E-state index contributed by atoms with van der Waals surface area (Å²) in [5.41, 5.74) is 4.29. The average molecular weight is 362 g/mol. The van der Waals surface area contributed by atoms with Crippen molar-refractivity contribution in [3.8, 4) is 11.5 Å². The molecular formula is C18H20ClN3O3. The Labute approximate surface area is 152 Å². The minimum Gasteiger partial charge on any atom is -0.504 e. The van der Waals surface area contributed by atoms with E-state index in [0.29, 0.717) is 35.5 Å². The summed E-state index contributed by atoms with van der Waals surface area (Å²) in [7, 11) is 0. The van der Waals surface area contributed by atoms with Crippen LogP contribution in [0.2, 0.25) is 0 Å². The van der Waals surface area contributed by atoms with E-state index in [1.807, 2.05) is 6.92 Å². The molecule has 2 rings (SSSR count). The normalized spacial score (nSPS) is 10.1. The van der Waals surface area contributed by atoms with Crippen molar-refractivity contribution < 1.29 is 14.6 Å². The van der Waals surface area contributed by atoms with E-state index in [1.54, 1.807) is 30.3 Å². The number of hydrogen-bond acceptors (Lipinski definition) is 5. The maximum atomic E-state index is 11.9. The number of ether oxygens (including phenoxy) is 1. The zero-order valence-electron chi connectivity index (χ0n) is 13.8. The highest BCUT2D eigenvalue weighted by molar-refractivity contribution is 5.94. The van der Waals surface area contributed by atoms with Gasteiger partial charge in [0.15, 0.2) is 11.5 Å². The summed E-state index contributed by atoms with van der Waals surface area (Å²) in [5.74, 6) is 0.136. The minimum absolute atomic E-state index is 0. The van der Waals surface area contributed by atoms with E-state index in [1.165, 1.54) is 18.6 Å². The molecule has 0 saturated carbocycles. The fraction of sp³-hybridized carbons (Fsp3) is 0.167. The Balaban J connectivity index is 0.00000312. The van der Waals surface area contributed by atoms with Crippen LogP contribution < -0.4 is 10.2 Å². The van der Waals surface area contributed by atoms with Gasteiger partial charge in [-0.15, -0.1) is 19.0 Å².